The van der Waals surface area contributed by atoms with E-state index in [1.54, 1.807) is 19.4 Å². The summed E-state index contributed by atoms with van der Waals surface area (Å²) in [5.41, 5.74) is 0.676. The monoisotopic (exact) mass is 344 g/mol. The first-order chi connectivity index (χ1) is 12.3. The third-order valence-corrected chi connectivity index (χ3v) is 4.42. The van der Waals surface area contributed by atoms with Crippen LogP contribution in [0.15, 0.2) is 52.1 Å². The molecule has 25 heavy (non-hydrogen) atoms. The fraction of sp³-hybridized carbons (Fsp3) is 0.421. The molecule has 1 aromatic carbocycles. The van der Waals surface area contributed by atoms with Crippen molar-refractivity contribution in [2.24, 2.45) is 4.99 Å². The van der Waals surface area contributed by atoms with E-state index in [2.05, 4.69) is 20.5 Å². The van der Waals surface area contributed by atoms with Crippen LogP contribution in [0, 0.1) is 5.82 Å². The second-order valence-electron chi connectivity index (χ2n) is 6.21. The lowest BCUT2D eigenvalue weighted by Gasteiger charge is -2.35. The second-order valence-corrected chi connectivity index (χ2v) is 6.21. The van der Waals surface area contributed by atoms with Gasteiger partial charge in [-0.15, -0.1) is 0 Å². The van der Waals surface area contributed by atoms with Gasteiger partial charge in [0.15, 0.2) is 5.96 Å². The van der Waals surface area contributed by atoms with Gasteiger partial charge in [0, 0.05) is 39.1 Å². The topological polar surface area (TPSA) is 52.8 Å². The van der Waals surface area contributed by atoms with Crippen molar-refractivity contribution in [3.63, 3.8) is 0 Å². The van der Waals surface area contributed by atoms with Gasteiger partial charge in [-0.1, -0.05) is 12.1 Å². The van der Waals surface area contributed by atoms with Gasteiger partial charge in [0.1, 0.15) is 11.6 Å². The van der Waals surface area contributed by atoms with E-state index in [0.717, 1.165) is 50.6 Å². The van der Waals surface area contributed by atoms with Gasteiger partial charge in [-0.25, -0.2) is 4.39 Å². The normalized spacial score (nSPS) is 18.2. The van der Waals surface area contributed by atoms with E-state index in [1.165, 1.54) is 6.07 Å². The predicted molar refractivity (Wildman–Crippen MR) is 98.5 cm³/mol. The highest BCUT2D eigenvalue weighted by molar-refractivity contribution is 5.80. The highest BCUT2D eigenvalue weighted by atomic mass is 19.1. The zero-order valence-electron chi connectivity index (χ0n) is 14.5. The van der Waals surface area contributed by atoms with Crippen molar-refractivity contribution >= 4 is 11.6 Å². The van der Waals surface area contributed by atoms with E-state index in [4.69, 9.17) is 4.42 Å². The zero-order chi connectivity index (χ0) is 17.5. The number of nitrogens with one attached hydrogen (secondary N) is 2. The SMILES string of the molecule is CN=C(NCCc1ccco1)NC1CCCN(c2ccccc2F)C1. The molecule has 3 rings (SSSR count). The molecule has 1 aliphatic rings. The Morgan fingerprint density at radius 2 is 2.20 bits per heavy atom. The minimum atomic E-state index is -0.163. The average molecular weight is 344 g/mol. The van der Waals surface area contributed by atoms with E-state index in [-0.39, 0.29) is 11.9 Å². The van der Waals surface area contributed by atoms with Crippen molar-refractivity contribution in [1.82, 2.24) is 10.6 Å². The Morgan fingerprint density at radius 3 is 2.96 bits per heavy atom. The first kappa shape index (κ1) is 17.3. The summed E-state index contributed by atoms with van der Waals surface area (Å²) in [5, 5.41) is 6.76. The first-order valence-corrected chi connectivity index (χ1v) is 8.75. The van der Waals surface area contributed by atoms with Crippen LogP contribution in [-0.2, 0) is 6.42 Å². The van der Waals surface area contributed by atoms with Gasteiger partial charge in [-0.2, -0.15) is 0 Å². The Hall–Kier alpha value is -2.50. The minimum absolute atomic E-state index is 0.163. The maximum absolute atomic E-state index is 14.0. The van der Waals surface area contributed by atoms with Crippen molar-refractivity contribution in [2.45, 2.75) is 25.3 Å². The third-order valence-electron chi connectivity index (χ3n) is 4.42. The number of piperidine rings is 1. The molecule has 1 unspecified atom stereocenters. The number of rotatable bonds is 5. The van der Waals surface area contributed by atoms with Crippen molar-refractivity contribution < 1.29 is 8.81 Å². The van der Waals surface area contributed by atoms with Gasteiger partial charge in [0.05, 0.1) is 12.0 Å². The maximum atomic E-state index is 14.0. The molecule has 0 saturated carbocycles. The molecule has 1 aromatic heterocycles. The Morgan fingerprint density at radius 1 is 1.32 bits per heavy atom. The molecule has 0 amide bonds. The molecule has 0 radical (unpaired) electrons. The fourth-order valence-corrected chi connectivity index (χ4v) is 3.17. The molecule has 1 fully saturated rings. The minimum Gasteiger partial charge on any atom is -0.469 e. The first-order valence-electron chi connectivity index (χ1n) is 8.75. The second kappa shape index (κ2) is 8.55. The maximum Gasteiger partial charge on any atom is 0.191 e. The summed E-state index contributed by atoms with van der Waals surface area (Å²) in [6.07, 6.45) is 4.56. The summed E-state index contributed by atoms with van der Waals surface area (Å²) in [6, 6.07) is 11.1. The number of furan rings is 1. The van der Waals surface area contributed by atoms with Crippen LogP contribution < -0.4 is 15.5 Å². The van der Waals surface area contributed by atoms with Gasteiger partial charge in [0.2, 0.25) is 0 Å². The van der Waals surface area contributed by atoms with Gasteiger partial charge in [0.25, 0.3) is 0 Å². The van der Waals surface area contributed by atoms with Crippen molar-refractivity contribution in [3.05, 3.63) is 54.2 Å². The van der Waals surface area contributed by atoms with Crippen molar-refractivity contribution in [1.29, 1.82) is 0 Å². The van der Waals surface area contributed by atoms with Crippen LogP contribution in [0.4, 0.5) is 10.1 Å². The van der Waals surface area contributed by atoms with Crippen LogP contribution in [0.2, 0.25) is 0 Å². The lowest BCUT2D eigenvalue weighted by atomic mass is 10.0. The zero-order valence-corrected chi connectivity index (χ0v) is 14.5. The molecule has 0 bridgehead atoms. The molecule has 6 heteroatoms. The molecular weight excluding hydrogens is 319 g/mol. The number of anilines is 1. The highest BCUT2D eigenvalue weighted by Gasteiger charge is 2.22. The molecule has 0 aliphatic carbocycles. The van der Waals surface area contributed by atoms with Crippen molar-refractivity contribution in [2.75, 3.05) is 31.6 Å². The number of para-hydroxylation sites is 1. The molecule has 134 valence electrons. The number of halogens is 1. The highest BCUT2D eigenvalue weighted by Crippen LogP contribution is 2.22. The summed E-state index contributed by atoms with van der Waals surface area (Å²) in [5.74, 6) is 1.56. The summed E-state index contributed by atoms with van der Waals surface area (Å²) >= 11 is 0. The number of hydrogen-bond acceptors (Lipinski definition) is 3. The van der Waals surface area contributed by atoms with E-state index >= 15 is 0 Å². The molecule has 2 N–H and O–H groups in total. The molecule has 5 nitrogen and oxygen atoms in total. The predicted octanol–water partition coefficient (Wildman–Crippen LogP) is 2.80. The standard InChI is InChI=1S/C19H25FN4O/c1-21-19(22-11-10-16-7-5-13-25-16)23-15-6-4-12-24(14-15)18-9-3-2-8-17(18)20/h2-3,5,7-9,13,15H,4,6,10-12,14H2,1H3,(H2,21,22,23). The van der Waals surface area contributed by atoms with Gasteiger partial charge in [-0.05, 0) is 37.1 Å². The summed E-state index contributed by atoms with van der Waals surface area (Å²) in [6.45, 7) is 2.39. The lowest BCUT2D eigenvalue weighted by Crippen LogP contribution is -2.51. The quantitative estimate of drug-likeness (QED) is 0.647. The fourth-order valence-electron chi connectivity index (χ4n) is 3.17. The van der Waals surface area contributed by atoms with Gasteiger partial charge < -0.3 is 20.0 Å². The Balaban J connectivity index is 1.51. The molecule has 2 aromatic rings. The smallest absolute Gasteiger partial charge is 0.191 e. The molecule has 2 heterocycles. The van der Waals surface area contributed by atoms with Gasteiger partial charge >= 0.3 is 0 Å². The Bertz CT molecular complexity index is 686. The van der Waals surface area contributed by atoms with E-state index in [9.17, 15) is 4.39 Å². The number of aliphatic imine (C=N–C) groups is 1. The molecule has 1 saturated heterocycles. The van der Waals surface area contributed by atoms with Crippen LogP contribution in [0.3, 0.4) is 0 Å². The number of nitrogens with zero attached hydrogens (tertiary/aromatic N) is 2. The average Bonchev–Trinajstić information content (AvgIpc) is 3.15. The van der Waals surface area contributed by atoms with Crippen LogP contribution in [-0.4, -0.2) is 38.7 Å². The molecule has 1 atom stereocenters. The Labute approximate surface area is 147 Å². The van der Waals surface area contributed by atoms with Crippen LogP contribution in [0.5, 0.6) is 0 Å². The van der Waals surface area contributed by atoms with E-state index < -0.39 is 0 Å². The molecule has 1 aliphatic heterocycles. The van der Waals surface area contributed by atoms with Gasteiger partial charge in [-0.3, -0.25) is 4.99 Å². The molecule has 0 spiro atoms. The van der Waals surface area contributed by atoms with Crippen molar-refractivity contribution in [3.8, 4) is 0 Å². The summed E-state index contributed by atoms with van der Waals surface area (Å²) in [4.78, 5) is 6.39. The lowest BCUT2D eigenvalue weighted by molar-refractivity contribution is 0.461. The third kappa shape index (κ3) is 4.75. The molecular formula is C19H25FN4O. The van der Waals surface area contributed by atoms with Crippen LogP contribution in [0.1, 0.15) is 18.6 Å². The number of hydrogen-bond donors (Lipinski definition) is 2. The van der Waals surface area contributed by atoms with Crippen LogP contribution in [0.25, 0.3) is 0 Å². The number of guanidine groups is 1. The largest absolute Gasteiger partial charge is 0.469 e. The van der Waals surface area contributed by atoms with Crippen LogP contribution >= 0.6 is 0 Å². The number of benzene rings is 1. The van der Waals surface area contributed by atoms with E-state index in [1.807, 2.05) is 24.3 Å². The van der Waals surface area contributed by atoms with E-state index in [0.29, 0.717) is 5.69 Å². The summed E-state index contributed by atoms with van der Waals surface area (Å²) in [7, 11) is 1.76. The Kier molecular flexibility index (Phi) is 5.93. The summed E-state index contributed by atoms with van der Waals surface area (Å²) < 4.78 is 19.4.